The van der Waals surface area contributed by atoms with Gasteiger partial charge in [0.2, 0.25) is 0 Å². The maximum absolute atomic E-state index is 2.49. The van der Waals surface area contributed by atoms with Crippen molar-refractivity contribution in [1.29, 1.82) is 0 Å². The molecule has 13 heavy (non-hydrogen) atoms. The fourth-order valence-corrected chi connectivity index (χ4v) is 1.66. The molecule has 0 heterocycles. The van der Waals surface area contributed by atoms with E-state index in [0.29, 0.717) is 0 Å². The smallest absolute Gasteiger partial charge is 0.0201 e. The highest BCUT2D eigenvalue weighted by atomic mass is 127. The molecule has 0 aliphatic heterocycles. The molecule has 0 atom stereocenters. The summed E-state index contributed by atoms with van der Waals surface area (Å²) in [7, 11) is 0. The van der Waals surface area contributed by atoms with Gasteiger partial charge in [-0.2, -0.15) is 0 Å². The van der Waals surface area contributed by atoms with Crippen LogP contribution in [0.5, 0.6) is 0 Å². The van der Waals surface area contributed by atoms with E-state index < -0.39 is 0 Å². The number of halogens is 1. The second-order valence-electron chi connectivity index (χ2n) is 3.24. The van der Waals surface area contributed by atoms with Crippen LogP contribution in [0.1, 0.15) is 33.6 Å². The Morgan fingerprint density at radius 1 is 0.846 bits per heavy atom. The molecule has 0 saturated carbocycles. The van der Waals surface area contributed by atoms with Gasteiger partial charge in [-0.3, -0.25) is 0 Å². The minimum absolute atomic E-state index is 1.16. The van der Waals surface area contributed by atoms with Gasteiger partial charge in [-0.15, -0.1) is 0 Å². The first-order valence-corrected chi connectivity index (χ1v) is 6.34. The minimum Gasteiger partial charge on any atom is -0.304 e. The number of hydrogen-bond acceptors (Lipinski definition) is 2. The topological polar surface area (TPSA) is 6.48 Å². The standard InChI is InChI=1S/C10H23IN2/c1-4-12(5-2)9-7-8-10-13(11)6-3/h4-10H2,1-3H3. The first-order valence-electron chi connectivity index (χ1n) is 5.37. The van der Waals surface area contributed by atoms with Gasteiger partial charge >= 0.3 is 0 Å². The van der Waals surface area contributed by atoms with Crippen molar-refractivity contribution in [3.8, 4) is 0 Å². The zero-order chi connectivity index (χ0) is 10.1. The van der Waals surface area contributed by atoms with E-state index in [1.54, 1.807) is 0 Å². The van der Waals surface area contributed by atoms with Gasteiger partial charge in [-0.1, -0.05) is 20.8 Å². The lowest BCUT2D eigenvalue weighted by Gasteiger charge is -2.18. The third-order valence-corrected chi connectivity index (χ3v) is 3.53. The Hall–Kier alpha value is 0.650. The highest BCUT2D eigenvalue weighted by Crippen LogP contribution is 2.02. The Morgan fingerprint density at radius 3 is 1.85 bits per heavy atom. The van der Waals surface area contributed by atoms with Crippen molar-refractivity contribution in [2.45, 2.75) is 33.6 Å². The quantitative estimate of drug-likeness (QED) is 0.386. The highest BCUT2D eigenvalue weighted by Gasteiger charge is 1.99. The SMILES string of the molecule is CCN(I)CCCCN(CC)CC. The van der Waals surface area contributed by atoms with Gasteiger partial charge in [0.05, 0.1) is 0 Å². The number of hydrogen-bond donors (Lipinski definition) is 0. The first kappa shape index (κ1) is 13.7. The highest BCUT2D eigenvalue weighted by molar-refractivity contribution is 14.1. The molecule has 0 N–H and O–H groups in total. The van der Waals surface area contributed by atoms with E-state index in [-0.39, 0.29) is 0 Å². The van der Waals surface area contributed by atoms with E-state index in [9.17, 15) is 0 Å². The molecule has 0 aromatic rings. The molecule has 2 nitrogen and oxygen atoms in total. The second-order valence-corrected chi connectivity index (χ2v) is 4.60. The summed E-state index contributed by atoms with van der Waals surface area (Å²) in [5.74, 6) is 0. The summed E-state index contributed by atoms with van der Waals surface area (Å²) in [5.41, 5.74) is 0. The third kappa shape index (κ3) is 7.70. The normalized spacial score (nSPS) is 11.5. The largest absolute Gasteiger partial charge is 0.304 e. The molecular formula is C10H23IN2. The van der Waals surface area contributed by atoms with Crippen molar-refractivity contribution >= 4 is 22.9 Å². The van der Waals surface area contributed by atoms with Crippen molar-refractivity contribution in [3.05, 3.63) is 0 Å². The maximum atomic E-state index is 2.49. The van der Waals surface area contributed by atoms with Gasteiger partial charge in [0.1, 0.15) is 0 Å². The summed E-state index contributed by atoms with van der Waals surface area (Å²) in [6.07, 6.45) is 2.66. The van der Waals surface area contributed by atoms with Gasteiger partial charge in [0.15, 0.2) is 0 Å². The van der Waals surface area contributed by atoms with Crippen LogP contribution in [0.2, 0.25) is 0 Å². The van der Waals surface area contributed by atoms with E-state index >= 15 is 0 Å². The van der Waals surface area contributed by atoms with Gasteiger partial charge < -0.3 is 4.90 Å². The average molecular weight is 298 g/mol. The van der Waals surface area contributed by atoms with Crippen molar-refractivity contribution in [2.24, 2.45) is 0 Å². The van der Waals surface area contributed by atoms with E-state index in [0.717, 1.165) is 6.54 Å². The zero-order valence-electron chi connectivity index (χ0n) is 9.22. The van der Waals surface area contributed by atoms with Gasteiger partial charge in [-0.05, 0) is 32.5 Å². The summed E-state index contributed by atoms with van der Waals surface area (Å²) in [6.45, 7) is 12.7. The summed E-state index contributed by atoms with van der Waals surface area (Å²) in [6, 6.07) is 0. The fraction of sp³-hybridized carbons (Fsp3) is 1.00. The van der Waals surface area contributed by atoms with Crippen molar-refractivity contribution in [3.63, 3.8) is 0 Å². The molecule has 0 spiro atoms. The zero-order valence-corrected chi connectivity index (χ0v) is 11.4. The van der Waals surface area contributed by atoms with Crippen LogP contribution in [0.25, 0.3) is 0 Å². The Balaban J connectivity index is 3.23. The predicted molar refractivity (Wildman–Crippen MR) is 68.3 cm³/mol. The van der Waals surface area contributed by atoms with Crippen molar-refractivity contribution in [1.82, 2.24) is 8.01 Å². The Kier molecular flexibility index (Phi) is 9.68. The third-order valence-electron chi connectivity index (χ3n) is 2.36. The number of rotatable bonds is 8. The summed E-state index contributed by atoms with van der Waals surface area (Å²) >= 11 is 2.40. The first-order chi connectivity index (χ1) is 6.24. The van der Waals surface area contributed by atoms with E-state index in [2.05, 4.69) is 51.6 Å². The Bertz CT molecular complexity index is 105. The minimum atomic E-state index is 1.16. The summed E-state index contributed by atoms with van der Waals surface area (Å²) in [5, 5.41) is 0. The van der Waals surface area contributed by atoms with Gasteiger partial charge in [0.25, 0.3) is 0 Å². The van der Waals surface area contributed by atoms with E-state index in [1.165, 1.54) is 39.0 Å². The maximum Gasteiger partial charge on any atom is 0.0201 e. The van der Waals surface area contributed by atoms with Crippen LogP contribution in [-0.4, -0.2) is 40.7 Å². The molecule has 0 saturated heterocycles. The average Bonchev–Trinajstić information content (AvgIpc) is 2.18. The second kappa shape index (κ2) is 9.21. The molecule has 0 radical (unpaired) electrons. The molecule has 0 aromatic heterocycles. The monoisotopic (exact) mass is 298 g/mol. The van der Waals surface area contributed by atoms with Crippen molar-refractivity contribution < 1.29 is 0 Å². The van der Waals surface area contributed by atoms with Crippen LogP contribution in [0.3, 0.4) is 0 Å². The van der Waals surface area contributed by atoms with Crippen LogP contribution in [0, 0.1) is 0 Å². The van der Waals surface area contributed by atoms with Crippen LogP contribution < -0.4 is 0 Å². The van der Waals surface area contributed by atoms with E-state index in [4.69, 9.17) is 0 Å². The Morgan fingerprint density at radius 2 is 1.38 bits per heavy atom. The van der Waals surface area contributed by atoms with Crippen LogP contribution in [-0.2, 0) is 0 Å². The van der Waals surface area contributed by atoms with Crippen LogP contribution >= 0.6 is 22.9 Å². The molecule has 0 aliphatic carbocycles. The van der Waals surface area contributed by atoms with Gasteiger partial charge in [-0.25, -0.2) is 3.11 Å². The molecule has 0 aromatic carbocycles. The molecule has 0 amide bonds. The summed E-state index contributed by atoms with van der Waals surface area (Å²) < 4.78 is 2.35. The molecule has 0 fully saturated rings. The molecule has 0 bridgehead atoms. The Labute approximate surface area is 97.2 Å². The number of nitrogens with zero attached hydrogens (tertiary/aromatic N) is 2. The molecular weight excluding hydrogens is 275 g/mol. The molecule has 0 aliphatic rings. The number of unbranched alkanes of at least 4 members (excludes halogenated alkanes) is 1. The van der Waals surface area contributed by atoms with Crippen LogP contribution in [0.15, 0.2) is 0 Å². The fourth-order valence-electron chi connectivity index (χ4n) is 1.32. The molecule has 0 unspecified atom stereocenters. The lowest BCUT2D eigenvalue weighted by atomic mass is 10.3. The van der Waals surface area contributed by atoms with E-state index in [1.807, 2.05) is 0 Å². The lowest BCUT2D eigenvalue weighted by molar-refractivity contribution is 0.293. The molecule has 80 valence electrons. The predicted octanol–water partition coefficient (Wildman–Crippen LogP) is 2.78. The van der Waals surface area contributed by atoms with Crippen molar-refractivity contribution in [2.75, 3.05) is 32.7 Å². The summed E-state index contributed by atoms with van der Waals surface area (Å²) in [4.78, 5) is 2.49. The molecule has 0 rings (SSSR count). The lowest BCUT2D eigenvalue weighted by Crippen LogP contribution is -2.24. The molecule has 3 heteroatoms. The van der Waals surface area contributed by atoms with Crippen LogP contribution in [0.4, 0.5) is 0 Å². The van der Waals surface area contributed by atoms with Gasteiger partial charge in [0, 0.05) is 36.0 Å².